The topological polar surface area (TPSA) is 54.3 Å². The molecule has 0 atom stereocenters. The Balaban J connectivity index is 1.66. The molecule has 0 saturated carbocycles. The molecule has 0 unspecified atom stereocenters. The summed E-state index contributed by atoms with van der Waals surface area (Å²) in [5.74, 6) is 0.724. The summed E-state index contributed by atoms with van der Waals surface area (Å²) in [5, 5.41) is 6.60. The average Bonchev–Trinajstić information content (AvgIpc) is 2.89. The van der Waals surface area contributed by atoms with Crippen molar-refractivity contribution in [1.82, 2.24) is 5.32 Å². The van der Waals surface area contributed by atoms with Crippen LogP contribution in [-0.4, -0.2) is 12.5 Å². The van der Waals surface area contributed by atoms with Gasteiger partial charge in [-0.05, 0) is 30.3 Å². The number of rotatable bonds is 6. The maximum atomic E-state index is 11.6. The number of furan rings is 1. The molecular formula is C14H15ClN2O2. The third-order valence-corrected chi connectivity index (χ3v) is 2.78. The Morgan fingerprint density at radius 1 is 1.26 bits per heavy atom. The van der Waals surface area contributed by atoms with Crippen LogP contribution < -0.4 is 10.6 Å². The summed E-state index contributed by atoms with van der Waals surface area (Å²) in [4.78, 5) is 11.6. The van der Waals surface area contributed by atoms with Crippen molar-refractivity contribution in [2.75, 3.05) is 11.9 Å². The van der Waals surface area contributed by atoms with Crippen LogP contribution in [0.4, 0.5) is 5.69 Å². The van der Waals surface area contributed by atoms with Crippen molar-refractivity contribution in [2.45, 2.75) is 13.0 Å². The third kappa shape index (κ3) is 4.67. The lowest BCUT2D eigenvalue weighted by atomic mass is 10.3. The van der Waals surface area contributed by atoms with Gasteiger partial charge in [0.05, 0.1) is 12.8 Å². The molecule has 2 aromatic rings. The van der Waals surface area contributed by atoms with Crippen LogP contribution in [0.2, 0.25) is 5.02 Å². The fourth-order valence-corrected chi connectivity index (χ4v) is 1.80. The number of halogens is 1. The largest absolute Gasteiger partial charge is 0.467 e. The van der Waals surface area contributed by atoms with E-state index in [1.165, 1.54) is 0 Å². The highest BCUT2D eigenvalue weighted by Gasteiger charge is 2.02. The molecule has 0 fully saturated rings. The van der Waals surface area contributed by atoms with E-state index in [2.05, 4.69) is 10.6 Å². The molecule has 2 rings (SSSR count). The van der Waals surface area contributed by atoms with Gasteiger partial charge in [0.1, 0.15) is 5.76 Å². The standard InChI is InChI=1S/C14H15ClN2O2/c15-11-3-1-4-12(9-11)16-7-6-14(18)17-10-13-5-2-8-19-13/h1-5,8-9,16H,6-7,10H2,(H,17,18). The second-order valence-corrected chi connectivity index (χ2v) is 4.48. The van der Waals surface area contributed by atoms with Crippen molar-refractivity contribution < 1.29 is 9.21 Å². The van der Waals surface area contributed by atoms with Gasteiger partial charge in [-0.15, -0.1) is 0 Å². The number of carbonyl (C=O) groups is 1. The number of anilines is 1. The Morgan fingerprint density at radius 2 is 2.16 bits per heavy atom. The molecule has 0 aliphatic rings. The first-order valence-electron chi connectivity index (χ1n) is 6.02. The predicted molar refractivity (Wildman–Crippen MR) is 75.1 cm³/mol. The summed E-state index contributed by atoms with van der Waals surface area (Å²) < 4.78 is 5.13. The van der Waals surface area contributed by atoms with Crippen LogP contribution in [0.15, 0.2) is 47.1 Å². The molecule has 100 valence electrons. The summed E-state index contributed by atoms with van der Waals surface area (Å²) in [6.07, 6.45) is 1.98. The normalized spacial score (nSPS) is 10.2. The van der Waals surface area contributed by atoms with Gasteiger partial charge in [-0.25, -0.2) is 0 Å². The zero-order valence-electron chi connectivity index (χ0n) is 10.4. The van der Waals surface area contributed by atoms with E-state index in [1.54, 1.807) is 12.3 Å². The summed E-state index contributed by atoms with van der Waals surface area (Å²) in [5.41, 5.74) is 0.909. The first-order valence-corrected chi connectivity index (χ1v) is 6.40. The molecule has 1 aromatic heterocycles. The molecule has 1 amide bonds. The minimum atomic E-state index is -0.0223. The van der Waals surface area contributed by atoms with Crippen molar-refractivity contribution in [3.05, 3.63) is 53.4 Å². The van der Waals surface area contributed by atoms with Gasteiger partial charge >= 0.3 is 0 Å². The summed E-state index contributed by atoms with van der Waals surface area (Å²) in [6, 6.07) is 11.0. The first kappa shape index (κ1) is 13.5. The zero-order chi connectivity index (χ0) is 13.5. The fourth-order valence-electron chi connectivity index (χ4n) is 1.61. The van der Waals surface area contributed by atoms with E-state index < -0.39 is 0 Å². The van der Waals surface area contributed by atoms with Crippen LogP contribution in [-0.2, 0) is 11.3 Å². The number of benzene rings is 1. The predicted octanol–water partition coefficient (Wildman–Crippen LogP) is 3.05. The molecule has 4 nitrogen and oxygen atoms in total. The molecule has 5 heteroatoms. The molecule has 19 heavy (non-hydrogen) atoms. The monoisotopic (exact) mass is 278 g/mol. The smallest absolute Gasteiger partial charge is 0.222 e. The lowest BCUT2D eigenvalue weighted by Gasteiger charge is -2.07. The molecule has 0 aliphatic heterocycles. The highest BCUT2D eigenvalue weighted by atomic mass is 35.5. The van der Waals surface area contributed by atoms with Crippen molar-refractivity contribution in [3.8, 4) is 0 Å². The number of hydrogen-bond donors (Lipinski definition) is 2. The van der Waals surface area contributed by atoms with E-state index >= 15 is 0 Å². The van der Waals surface area contributed by atoms with E-state index in [4.69, 9.17) is 16.0 Å². The molecule has 2 N–H and O–H groups in total. The zero-order valence-corrected chi connectivity index (χ0v) is 11.1. The van der Waals surface area contributed by atoms with Gasteiger partial charge in [0.25, 0.3) is 0 Å². The van der Waals surface area contributed by atoms with Crippen LogP contribution in [0.25, 0.3) is 0 Å². The minimum Gasteiger partial charge on any atom is -0.467 e. The molecule has 0 radical (unpaired) electrons. The summed E-state index contributed by atoms with van der Waals surface area (Å²) in [6.45, 7) is 0.979. The van der Waals surface area contributed by atoms with Crippen molar-refractivity contribution >= 4 is 23.2 Å². The van der Waals surface area contributed by atoms with Gasteiger partial charge in [-0.3, -0.25) is 4.79 Å². The summed E-state index contributed by atoms with van der Waals surface area (Å²) in [7, 11) is 0. The molecule has 1 aromatic carbocycles. The Labute approximate surface area is 116 Å². The van der Waals surface area contributed by atoms with Gasteiger partial charge in [-0.2, -0.15) is 0 Å². The van der Waals surface area contributed by atoms with Crippen LogP contribution in [0.5, 0.6) is 0 Å². The second kappa shape index (κ2) is 6.85. The van der Waals surface area contributed by atoms with Crippen LogP contribution in [0.1, 0.15) is 12.2 Å². The van der Waals surface area contributed by atoms with Crippen LogP contribution >= 0.6 is 11.6 Å². The minimum absolute atomic E-state index is 0.0223. The van der Waals surface area contributed by atoms with Crippen molar-refractivity contribution in [2.24, 2.45) is 0 Å². The van der Waals surface area contributed by atoms with E-state index in [1.807, 2.05) is 30.3 Å². The van der Waals surface area contributed by atoms with Gasteiger partial charge in [0.15, 0.2) is 0 Å². The Morgan fingerprint density at radius 3 is 2.89 bits per heavy atom. The van der Waals surface area contributed by atoms with Crippen molar-refractivity contribution in [3.63, 3.8) is 0 Å². The Bertz CT molecular complexity index is 526. The number of nitrogens with one attached hydrogen (secondary N) is 2. The average molecular weight is 279 g/mol. The van der Waals surface area contributed by atoms with Crippen LogP contribution in [0.3, 0.4) is 0 Å². The van der Waals surface area contributed by atoms with Gasteiger partial charge in [0.2, 0.25) is 5.91 Å². The van der Waals surface area contributed by atoms with E-state index in [-0.39, 0.29) is 5.91 Å². The van der Waals surface area contributed by atoms with Gasteiger partial charge in [-0.1, -0.05) is 17.7 Å². The van der Waals surface area contributed by atoms with Gasteiger partial charge in [0, 0.05) is 23.7 Å². The molecule has 0 bridgehead atoms. The molecular weight excluding hydrogens is 264 g/mol. The summed E-state index contributed by atoms with van der Waals surface area (Å²) >= 11 is 5.86. The highest BCUT2D eigenvalue weighted by Crippen LogP contribution is 2.14. The first-order chi connectivity index (χ1) is 9.24. The van der Waals surface area contributed by atoms with Crippen molar-refractivity contribution in [1.29, 1.82) is 0 Å². The third-order valence-electron chi connectivity index (χ3n) is 2.55. The molecule has 0 saturated heterocycles. The maximum absolute atomic E-state index is 11.6. The lowest BCUT2D eigenvalue weighted by Crippen LogP contribution is -2.24. The van der Waals surface area contributed by atoms with Crippen LogP contribution in [0, 0.1) is 0 Å². The van der Waals surface area contributed by atoms with E-state index in [9.17, 15) is 4.79 Å². The second-order valence-electron chi connectivity index (χ2n) is 4.04. The SMILES string of the molecule is O=C(CCNc1cccc(Cl)c1)NCc1ccco1. The van der Waals surface area contributed by atoms with E-state index in [0.717, 1.165) is 11.4 Å². The van der Waals surface area contributed by atoms with E-state index in [0.29, 0.717) is 24.5 Å². The maximum Gasteiger partial charge on any atom is 0.222 e. The van der Waals surface area contributed by atoms with Gasteiger partial charge < -0.3 is 15.1 Å². The lowest BCUT2D eigenvalue weighted by molar-refractivity contribution is -0.121. The quantitative estimate of drug-likeness (QED) is 0.854. The number of carbonyl (C=O) groups excluding carboxylic acids is 1. The fraction of sp³-hybridized carbons (Fsp3) is 0.214. The molecule has 1 heterocycles. The number of amides is 1. The molecule has 0 spiro atoms. The number of hydrogen-bond acceptors (Lipinski definition) is 3. The molecule has 0 aliphatic carbocycles. The Kier molecular flexibility index (Phi) is 4.86. The highest BCUT2D eigenvalue weighted by molar-refractivity contribution is 6.30. The Hall–Kier alpha value is -1.94.